The monoisotopic (exact) mass is 264 g/mol. The van der Waals surface area contributed by atoms with Crippen LogP contribution in [-0.4, -0.2) is 25.8 Å². The van der Waals surface area contributed by atoms with E-state index in [1.54, 1.807) is 19.2 Å². The highest BCUT2D eigenvalue weighted by Crippen LogP contribution is 2.09. The van der Waals surface area contributed by atoms with E-state index in [2.05, 4.69) is 6.92 Å². The Morgan fingerprint density at radius 2 is 1.89 bits per heavy atom. The molecule has 1 aromatic carbocycles. The van der Waals surface area contributed by atoms with Gasteiger partial charge in [0.05, 0.1) is 11.7 Å². The quantitative estimate of drug-likeness (QED) is 0.502. The SMILES string of the molecule is CCCCCCC(COC(=O)c1ccccc1)OC. The molecule has 0 radical (unpaired) electrons. The Labute approximate surface area is 115 Å². The van der Waals surface area contributed by atoms with Crippen LogP contribution >= 0.6 is 0 Å². The van der Waals surface area contributed by atoms with Crippen molar-refractivity contribution in [1.29, 1.82) is 0 Å². The molecule has 0 amide bonds. The summed E-state index contributed by atoms with van der Waals surface area (Å²) in [6, 6.07) is 9.05. The Hall–Kier alpha value is -1.35. The number of carbonyl (C=O) groups excluding carboxylic acids is 1. The summed E-state index contributed by atoms with van der Waals surface area (Å²) in [4.78, 5) is 11.8. The molecule has 3 heteroatoms. The van der Waals surface area contributed by atoms with E-state index in [4.69, 9.17) is 9.47 Å². The minimum atomic E-state index is -0.281. The number of esters is 1. The zero-order valence-corrected chi connectivity index (χ0v) is 11.9. The van der Waals surface area contributed by atoms with Gasteiger partial charge in [0.25, 0.3) is 0 Å². The molecular weight excluding hydrogens is 240 g/mol. The van der Waals surface area contributed by atoms with E-state index >= 15 is 0 Å². The summed E-state index contributed by atoms with van der Waals surface area (Å²) in [6.45, 7) is 2.52. The number of rotatable bonds is 9. The molecule has 0 aliphatic rings. The number of unbranched alkanes of at least 4 members (excludes halogenated alkanes) is 3. The lowest BCUT2D eigenvalue weighted by molar-refractivity contribution is 0.00719. The maximum atomic E-state index is 11.8. The Morgan fingerprint density at radius 3 is 2.53 bits per heavy atom. The molecule has 106 valence electrons. The molecule has 1 aromatic rings. The van der Waals surface area contributed by atoms with Crippen molar-refractivity contribution in [1.82, 2.24) is 0 Å². The first-order chi connectivity index (χ1) is 9.27. The van der Waals surface area contributed by atoms with Crippen molar-refractivity contribution in [2.24, 2.45) is 0 Å². The minimum absolute atomic E-state index is 0.00418. The number of benzene rings is 1. The summed E-state index contributed by atoms with van der Waals surface area (Å²) in [7, 11) is 1.67. The minimum Gasteiger partial charge on any atom is -0.459 e. The van der Waals surface area contributed by atoms with Crippen LogP contribution in [0.5, 0.6) is 0 Å². The van der Waals surface area contributed by atoms with E-state index in [-0.39, 0.29) is 12.1 Å². The Bertz CT molecular complexity index is 348. The van der Waals surface area contributed by atoms with Gasteiger partial charge in [-0.25, -0.2) is 4.79 Å². The van der Waals surface area contributed by atoms with Crippen LogP contribution in [0.3, 0.4) is 0 Å². The van der Waals surface area contributed by atoms with Gasteiger partial charge < -0.3 is 9.47 Å². The second-order valence-electron chi connectivity index (χ2n) is 4.67. The molecular formula is C16H24O3. The fraction of sp³-hybridized carbons (Fsp3) is 0.562. The maximum absolute atomic E-state index is 11.8. The molecule has 0 N–H and O–H groups in total. The average Bonchev–Trinajstić information content (AvgIpc) is 2.47. The van der Waals surface area contributed by atoms with Crippen LogP contribution < -0.4 is 0 Å². The van der Waals surface area contributed by atoms with Gasteiger partial charge in [-0.2, -0.15) is 0 Å². The van der Waals surface area contributed by atoms with Crippen LogP contribution in [0.4, 0.5) is 0 Å². The Morgan fingerprint density at radius 1 is 1.16 bits per heavy atom. The van der Waals surface area contributed by atoms with Crippen molar-refractivity contribution >= 4 is 5.97 Å². The molecule has 0 fully saturated rings. The summed E-state index contributed by atoms with van der Waals surface area (Å²) in [5.74, 6) is -0.281. The van der Waals surface area contributed by atoms with Crippen molar-refractivity contribution in [2.45, 2.75) is 45.1 Å². The molecule has 0 bridgehead atoms. The molecule has 0 aliphatic carbocycles. The van der Waals surface area contributed by atoms with Crippen LogP contribution in [0.15, 0.2) is 30.3 Å². The van der Waals surface area contributed by atoms with Gasteiger partial charge in [-0.15, -0.1) is 0 Å². The molecule has 0 spiro atoms. The lowest BCUT2D eigenvalue weighted by Gasteiger charge is -2.15. The summed E-state index contributed by atoms with van der Waals surface area (Å²) in [5.41, 5.74) is 0.586. The number of hydrogen-bond donors (Lipinski definition) is 0. The first-order valence-electron chi connectivity index (χ1n) is 7.03. The summed E-state index contributed by atoms with van der Waals surface area (Å²) in [5, 5.41) is 0. The molecule has 19 heavy (non-hydrogen) atoms. The van der Waals surface area contributed by atoms with E-state index in [0.29, 0.717) is 12.2 Å². The first kappa shape index (κ1) is 15.7. The van der Waals surface area contributed by atoms with Gasteiger partial charge in [-0.1, -0.05) is 50.8 Å². The van der Waals surface area contributed by atoms with Crippen LogP contribution in [0.25, 0.3) is 0 Å². The highest BCUT2D eigenvalue weighted by atomic mass is 16.6. The van der Waals surface area contributed by atoms with Crippen molar-refractivity contribution in [2.75, 3.05) is 13.7 Å². The largest absolute Gasteiger partial charge is 0.459 e. The van der Waals surface area contributed by atoms with E-state index in [9.17, 15) is 4.79 Å². The van der Waals surface area contributed by atoms with Gasteiger partial charge in [-0.3, -0.25) is 0 Å². The molecule has 0 heterocycles. The van der Waals surface area contributed by atoms with Gasteiger partial charge in [0.15, 0.2) is 0 Å². The zero-order valence-electron chi connectivity index (χ0n) is 11.9. The van der Waals surface area contributed by atoms with Crippen molar-refractivity contribution in [3.63, 3.8) is 0 Å². The summed E-state index contributed by atoms with van der Waals surface area (Å²) in [6.07, 6.45) is 5.75. The average molecular weight is 264 g/mol. The smallest absolute Gasteiger partial charge is 0.338 e. The Balaban J connectivity index is 2.27. The van der Waals surface area contributed by atoms with Gasteiger partial charge in [0.1, 0.15) is 6.61 Å². The summed E-state index contributed by atoms with van der Waals surface area (Å²) >= 11 is 0. The normalized spacial score (nSPS) is 12.1. The van der Waals surface area contributed by atoms with Gasteiger partial charge in [0, 0.05) is 7.11 Å². The molecule has 0 aromatic heterocycles. The highest BCUT2D eigenvalue weighted by Gasteiger charge is 2.12. The standard InChI is InChI=1S/C16H24O3/c1-3-4-5-9-12-15(18-2)13-19-16(17)14-10-7-6-8-11-14/h6-8,10-11,15H,3-5,9,12-13H2,1-2H3. The van der Waals surface area contributed by atoms with Gasteiger partial charge in [0.2, 0.25) is 0 Å². The summed E-state index contributed by atoms with van der Waals surface area (Å²) < 4.78 is 10.6. The maximum Gasteiger partial charge on any atom is 0.338 e. The molecule has 1 atom stereocenters. The van der Waals surface area contributed by atoms with Crippen LogP contribution in [0, 0.1) is 0 Å². The topological polar surface area (TPSA) is 35.5 Å². The van der Waals surface area contributed by atoms with Crippen molar-refractivity contribution in [3.05, 3.63) is 35.9 Å². The second-order valence-corrected chi connectivity index (χ2v) is 4.67. The van der Waals surface area contributed by atoms with Crippen molar-refractivity contribution < 1.29 is 14.3 Å². The molecule has 0 saturated carbocycles. The van der Waals surface area contributed by atoms with E-state index in [1.807, 2.05) is 18.2 Å². The van der Waals surface area contributed by atoms with E-state index < -0.39 is 0 Å². The fourth-order valence-corrected chi connectivity index (χ4v) is 1.89. The van der Waals surface area contributed by atoms with Crippen LogP contribution in [0.2, 0.25) is 0 Å². The lowest BCUT2D eigenvalue weighted by atomic mass is 10.1. The lowest BCUT2D eigenvalue weighted by Crippen LogP contribution is -2.21. The van der Waals surface area contributed by atoms with Crippen LogP contribution in [0.1, 0.15) is 49.4 Å². The third-order valence-corrected chi connectivity index (χ3v) is 3.12. The number of hydrogen-bond acceptors (Lipinski definition) is 3. The number of carbonyl (C=O) groups is 1. The number of ether oxygens (including phenoxy) is 2. The molecule has 1 rings (SSSR count). The Kier molecular flexibility index (Phi) is 7.91. The third-order valence-electron chi connectivity index (χ3n) is 3.12. The molecule has 0 aliphatic heterocycles. The highest BCUT2D eigenvalue weighted by molar-refractivity contribution is 5.89. The predicted molar refractivity (Wildman–Crippen MR) is 76.3 cm³/mol. The third kappa shape index (κ3) is 6.39. The zero-order chi connectivity index (χ0) is 13.9. The predicted octanol–water partition coefficient (Wildman–Crippen LogP) is 3.83. The van der Waals surface area contributed by atoms with Crippen molar-refractivity contribution in [3.8, 4) is 0 Å². The van der Waals surface area contributed by atoms with E-state index in [0.717, 1.165) is 12.8 Å². The molecule has 1 unspecified atom stereocenters. The first-order valence-corrected chi connectivity index (χ1v) is 7.03. The van der Waals surface area contributed by atoms with Gasteiger partial charge in [-0.05, 0) is 18.6 Å². The van der Waals surface area contributed by atoms with E-state index in [1.165, 1.54) is 19.3 Å². The molecule has 3 nitrogen and oxygen atoms in total. The number of methoxy groups -OCH3 is 1. The van der Waals surface area contributed by atoms with Gasteiger partial charge >= 0.3 is 5.97 Å². The molecule has 0 saturated heterocycles. The second kappa shape index (κ2) is 9.56. The fourth-order valence-electron chi connectivity index (χ4n) is 1.89. The van der Waals surface area contributed by atoms with Crippen LogP contribution in [-0.2, 0) is 9.47 Å².